The molecular formula is C22H25NO3S2. The summed E-state index contributed by atoms with van der Waals surface area (Å²) in [6.07, 6.45) is 11.7. The second-order valence-corrected chi connectivity index (χ2v) is 9.86. The van der Waals surface area contributed by atoms with Crippen LogP contribution in [0.25, 0.3) is 0 Å². The molecule has 0 radical (unpaired) electrons. The van der Waals surface area contributed by atoms with Gasteiger partial charge in [0.1, 0.15) is 12.6 Å². The zero-order valence-corrected chi connectivity index (χ0v) is 17.4. The molecule has 0 aliphatic carbocycles. The largest absolute Gasteiger partial charge is 0.446 e. The lowest BCUT2D eigenvalue weighted by atomic mass is 10.1. The number of imide groups is 1. The maximum atomic E-state index is 12.7. The summed E-state index contributed by atoms with van der Waals surface area (Å²) in [7, 11) is 0. The number of amides is 2. The molecule has 1 aromatic rings. The predicted molar refractivity (Wildman–Crippen MR) is 117 cm³/mol. The SMILES string of the molecule is C=C/C=C/CC1(C/C=C/C(=O)N2C(=O)OC[C@H]2c2ccccc2)SCCCS1. The third-order valence-electron chi connectivity index (χ3n) is 4.70. The number of benzene rings is 1. The Kier molecular flexibility index (Phi) is 7.45. The van der Waals surface area contributed by atoms with E-state index in [4.69, 9.17) is 4.74 Å². The molecule has 3 rings (SSSR count). The number of allylic oxidation sites excluding steroid dienone is 4. The molecule has 1 aromatic carbocycles. The van der Waals surface area contributed by atoms with E-state index in [1.807, 2.05) is 66.0 Å². The van der Waals surface area contributed by atoms with Crippen LogP contribution in [0.1, 0.15) is 30.9 Å². The maximum absolute atomic E-state index is 12.7. The Morgan fingerprint density at radius 3 is 2.64 bits per heavy atom. The average Bonchev–Trinajstić information content (AvgIpc) is 3.11. The second-order valence-electron chi connectivity index (χ2n) is 6.65. The fourth-order valence-electron chi connectivity index (χ4n) is 3.28. The van der Waals surface area contributed by atoms with Gasteiger partial charge in [0.15, 0.2) is 0 Å². The van der Waals surface area contributed by atoms with Crippen LogP contribution in [0.15, 0.2) is 67.3 Å². The number of ether oxygens (including phenoxy) is 1. The minimum Gasteiger partial charge on any atom is -0.446 e. The summed E-state index contributed by atoms with van der Waals surface area (Å²) in [5, 5.41) is 0. The highest BCUT2D eigenvalue weighted by atomic mass is 32.2. The number of carbonyl (C=O) groups is 2. The summed E-state index contributed by atoms with van der Waals surface area (Å²) in [6, 6.07) is 9.16. The molecule has 2 aliphatic heterocycles. The van der Waals surface area contributed by atoms with Crippen molar-refractivity contribution in [3.05, 3.63) is 72.9 Å². The third-order valence-corrected chi connectivity index (χ3v) is 8.12. The molecule has 148 valence electrons. The molecule has 2 saturated heterocycles. The van der Waals surface area contributed by atoms with Crippen LogP contribution in [0.2, 0.25) is 0 Å². The Morgan fingerprint density at radius 2 is 1.93 bits per heavy atom. The molecule has 28 heavy (non-hydrogen) atoms. The van der Waals surface area contributed by atoms with Crippen molar-refractivity contribution < 1.29 is 14.3 Å². The highest BCUT2D eigenvalue weighted by Gasteiger charge is 2.38. The fourth-order valence-corrected chi connectivity index (χ4v) is 6.48. The number of thioether (sulfide) groups is 2. The van der Waals surface area contributed by atoms with Crippen molar-refractivity contribution in [3.63, 3.8) is 0 Å². The highest BCUT2D eigenvalue weighted by Crippen LogP contribution is 2.47. The number of carbonyl (C=O) groups excluding carboxylic acids is 2. The first-order valence-electron chi connectivity index (χ1n) is 9.42. The fraction of sp³-hybridized carbons (Fsp3) is 0.364. The number of rotatable bonds is 7. The van der Waals surface area contributed by atoms with E-state index in [1.165, 1.54) is 17.4 Å². The van der Waals surface area contributed by atoms with E-state index in [0.29, 0.717) is 0 Å². The van der Waals surface area contributed by atoms with Gasteiger partial charge in [0.2, 0.25) is 0 Å². The summed E-state index contributed by atoms with van der Waals surface area (Å²) in [4.78, 5) is 26.1. The van der Waals surface area contributed by atoms with Crippen LogP contribution in [-0.4, -0.2) is 39.1 Å². The molecule has 2 fully saturated rings. The van der Waals surface area contributed by atoms with E-state index >= 15 is 0 Å². The molecule has 0 saturated carbocycles. The first-order valence-corrected chi connectivity index (χ1v) is 11.4. The quantitative estimate of drug-likeness (QED) is 0.444. The Morgan fingerprint density at radius 1 is 1.21 bits per heavy atom. The van der Waals surface area contributed by atoms with E-state index < -0.39 is 6.09 Å². The molecule has 0 aromatic heterocycles. The smallest absolute Gasteiger partial charge is 0.417 e. The third kappa shape index (κ3) is 5.11. The molecule has 0 unspecified atom stereocenters. The minimum atomic E-state index is -0.575. The second kappa shape index (κ2) is 10.0. The molecule has 4 nitrogen and oxygen atoms in total. The first-order chi connectivity index (χ1) is 13.7. The Bertz CT molecular complexity index is 754. The van der Waals surface area contributed by atoms with Crippen LogP contribution in [0.3, 0.4) is 0 Å². The van der Waals surface area contributed by atoms with Gasteiger partial charge in [-0.3, -0.25) is 4.79 Å². The summed E-state index contributed by atoms with van der Waals surface area (Å²) in [5.74, 6) is 1.94. The molecule has 2 heterocycles. The van der Waals surface area contributed by atoms with Crippen molar-refractivity contribution in [1.82, 2.24) is 4.90 Å². The van der Waals surface area contributed by atoms with Crippen molar-refractivity contribution in [2.45, 2.75) is 29.4 Å². The van der Waals surface area contributed by atoms with Gasteiger partial charge in [-0.05, 0) is 42.4 Å². The standard InChI is InChI=1S/C22H25NO3S2/c1-2-3-7-13-22(27-15-9-16-28-22)14-8-12-20(24)23-19(17-26-21(23)25)18-10-5-4-6-11-18/h2-8,10-12,19H,1,9,13-17H2/b7-3+,12-8+/t19-/m0/s1. The summed E-state index contributed by atoms with van der Waals surface area (Å²) < 4.78 is 5.18. The molecule has 1 atom stereocenters. The molecule has 6 heteroatoms. The van der Waals surface area contributed by atoms with Crippen LogP contribution < -0.4 is 0 Å². The van der Waals surface area contributed by atoms with Gasteiger partial charge >= 0.3 is 6.09 Å². The maximum Gasteiger partial charge on any atom is 0.417 e. The van der Waals surface area contributed by atoms with Crippen molar-refractivity contribution in [2.24, 2.45) is 0 Å². The van der Waals surface area contributed by atoms with Gasteiger partial charge in [-0.25, -0.2) is 9.69 Å². The molecule has 0 bridgehead atoms. The monoisotopic (exact) mass is 415 g/mol. The van der Waals surface area contributed by atoms with Crippen LogP contribution in [0.4, 0.5) is 4.79 Å². The lowest BCUT2D eigenvalue weighted by molar-refractivity contribution is -0.124. The summed E-state index contributed by atoms with van der Waals surface area (Å²) >= 11 is 3.91. The summed E-state index contributed by atoms with van der Waals surface area (Å²) in [6.45, 7) is 3.93. The Labute approximate surface area is 175 Å². The van der Waals surface area contributed by atoms with Crippen molar-refractivity contribution in [3.8, 4) is 0 Å². The van der Waals surface area contributed by atoms with Crippen LogP contribution in [-0.2, 0) is 9.53 Å². The number of hydrogen-bond donors (Lipinski definition) is 0. The molecule has 2 amide bonds. The van der Waals surface area contributed by atoms with Crippen molar-refractivity contribution >= 4 is 35.5 Å². The Balaban J connectivity index is 1.68. The number of cyclic esters (lactones) is 1. The van der Waals surface area contributed by atoms with Crippen molar-refractivity contribution in [1.29, 1.82) is 0 Å². The van der Waals surface area contributed by atoms with Crippen LogP contribution in [0.5, 0.6) is 0 Å². The van der Waals surface area contributed by atoms with E-state index in [-0.39, 0.29) is 22.6 Å². The number of nitrogens with zero attached hydrogens (tertiary/aromatic N) is 1. The summed E-state index contributed by atoms with van der Waals surface area (Å²) in [5.41, 5.74) is 0.902. The van der Waals surface area contributed by atoms with E-state index in [1.54, 1.807) is 6.08 Å². The van der Waals surface area contributed by atoms with Gasteiger partial charge in [0.05, 0.1) is 4.08 Å². The zero-order valence-electron chi connectivity index (χ0n) is 15.8. The van der Waals surface area contributed by atoms with Gasteiger partial charge in [0.25, 0.3) is 5.91 Å². The molecule has 0 spiro atoms. The Hall–Kier alpha value is -1.92. The normalized spacial score (nSPS) is 21.9. The first kappa shape index (κ1) is 20.8. The average molecular weight is 416 g/mol. The van der Waals surface area contributed by atoms with Gasteiger partial charge in [-0.1, -0.05) is 61.2 Å². The molecule has 0 N–H and O–H groups in total. The van der Waals surface area contributed by atoms with E-state index in [2.05, 4.69) is 12.7 Å². The highest BCUT2D eigenvalue weighted by molar-refractivity contribution is 8.18. The van der Waals surface area contributed by atoms with Crippen LogP contribution in [0, 0.1) is 0 Å². The predicted octanol–water partition coefficient (Wildman–Crippen LogP) is 5.35. The zero-order chi connectivity index (χ0) is 19.8. The lowest BCUT2D eigenvalue weighted by Crippen LogP contribution is -2.33. The number of hydrogen-bond acceptors (Lipinski definition) is 5. The molecule has 2 aliphatic rings. The van der Waals surface area contributed by atoms with Gasteiger partial charge in [0, 0.05) is 0 Å². The van der Waals surface area contributed by atoms with Crippen LogP contribution >= 0.6 is 23.5 Å². The van der Waals surface area contributed by atoms with Gasteiger partial charge in [-0.15, -0.1) is 23.5 Å². The van der Waals surface area contributed by atoms with Gasteiger partial charge < -0.3 is 4.74 Å². The minimum absolute atomic E-state index is 0.0406. The topological polar surface area (TPSA) is 46.6 Å². The lowest BCUT2D eigenvalue weighted by Gasteiger charge is -2.34. The molecular weight excluding hydrogens is 390 g/mol. The van der Waals surface area contributed by atoms with E-state index in [0.717, 1.165) is 29.9 Å². The van der Waals surface area contributed by atoms with Crippen molar-refractivity contribution in [2.75, 3.05) is 18.1 Å². The van der Waals surface area contributed by atoms with E-state index in [9.17, 15) is 9.59 Å². The van der Waals surface area contributed by atoms with Gasteiger partial charge in [-0.2, -0.15) is 0 Å².